The molecule has 4 fully saturated rings. The largest absolute Gasteiger partial charge is 0.481 e. The predicted octanol–water partition coefficient (Wildman–Crippen LogP) is 4.74. The molecule has 228 valence electrons. The van der Waals surface area contributed by atoms with Crippen LogP contribution in [0, 0.1) is 56.7 Å². The number of aliphatic carboxylic acids is 1. The van der Waals surface area contributed by atoms with Crippen molar-refractivity contribution in [2.45, 2.75) is 105 Å². The summed E-state index contributed by atoms with van der Waals surface area (Å²) >= 11 is 0. The van der Waals surface area contributed by atoms with Gasteiger partial charge in [0.15, 0.2) is 0 Å². The van der Waals surface area contributed by atoms with Crippen molar-refractivity contribution in [3.8, 4) is 0 Å². The van der Waals surface area contributed by atoms with Gasteiger partial charge < -0.3 is 29.8 Å². The van der Waals surface area contributed by atoms with Gasteiger partial charge in [-0.3, -0.25) is 4.79 Å². The van der Waals surface area contributed by atoms with Crippen molar-refractivity contribution >= 4 is 14.6 Å². The smallest absolute Gasteiger partial charge is 0.359 e. The molecule has 0 aromatic heterocycles. The van der Waals surface area contributed by atoms with E-state index in [2.05, 4.69) is 45.4 Å². The van der Waals surface area contributed by atoms with Crippen LogP contribution in [-0.2, 0) is 14.0 Å². The van der Waals surface area contributed by atoms with E-state index in [1.807, 2.05) is 0 Å². The molecule has 13 unspecified atom stereocenters. The summed E-state index contributed by atoms with van der Waals surface area (Å²) in [5.74, 6) is -0.548. The lowest BCUT2D eigenvalue weighted by Gasteiger charge is -2.70. The lowest BCUT2D eigenvalue weighted by Crippen LogP contribution is -2.73. The van der Waals surface area contributed by atoms with Gasteiger partial charge in [0.1, 0.15) is 6.10 Å². The molecule has 0 aromatic carbocycles. The minimum atomic E-state index is -2.69. The van der Waals surface area contributed by atoms with E-state index in [0.29, 0.717) is 24.2 Å². The van der Waals surface area contributed by atoms with Crippen LogP contribution in [-0.4, -0.2) is 61.5 Å². The Labute approximate surface area is 238 Å². The number of hydrogen-bond acceptors (Lipinski definition) is 8. The highest BCUT2D eigenvalue weighted by Crippen LogP contribution is 2.76. The first kappa shape index (κ1) is 30.8. The van der Waals surface area contributed by atoms with Crippen molar-refractivity contribution in [3.05, 3.63) is 11.6 Å². The van der Waals surface area contributed by atoms with Crippen LogP contribution in [0.1, 0.15) is 86.5 Å². The average Bonchev–Trinajstić information content (AvgIpc) is 3.28. The molecule has 6 N–H and O–H groups in total. The Morgan fingerprint density at radius 2 is 1.70 bits per heavy atom. The fourth-order valence-electron chi connectivity index (χ4n) is 11.5. The van der Waals surface area contributed by atoms with Crippen molar-refractivity contribution in [1.82, 2.24) is 0 Å². The van der Waals surface area contributed by atoms with E-state index in [1.165, 1.54) is 25.3 Å². The number of rotatable bonds is 6. The van der Waals surface area contributed by atoms with Gasteiger partial charge in [-0.15, -0.1) is 0 Å². The van der Waals surface area contributed by atoms with Crippen LogP contribution in [0.2, 0.25) is 0 Å². The Morgan fingerprint density at radius 1 is 1.02 bits per heavy atom. The van der Waals surface area contributed by atoms with Gasteiger partial charge in [-0.2, -0.15) is 4.67 Å². The third-order valence-corrected chi connectivity index (χ3v) is 14.2. The first-order valence-corrected chi connectivity index (χ1v) is 16.1. The molecule has 40 heavy (non-hydrogen) atoms. The number of carboxylic acids is 1. The number of allylic oxidation sites excluding steroid dienone is 2. The second-order valence-corrected chi connectivity index (χ2v) is 15.8. The summed E-state index contributed by atoms with van der Waals surface area (Å²) in [6.07, 6.45) is 3.57. The molecule has 0 radical (unpaired) electrons. The summed E-state index contributed by atoms with van der Waals surface area (Å²) in [5, 5.41) is 53.4. The molecule has 0 amide bonds. The molecule has 5 aliphatic carbocycles. The number of fused-ring (bicyclic) bond motifs is 7. The number of carboxylic acid groups (broad SMARTS) is 1. The first-order valence-electron chi connectivity index (χ1n) is 15.0. The van der Waals surface area contributed by atoms with Crippen LogP contribution in [0.3, 0.4) is 0 Å². The molecule has 0 aliphatic heterocycles. The van der Waals surface area contributed by atoms with Crippen LogP contribution < -0.4 is 0 Å². The van der Waals surface area contributed by atoms with Gasteiger partial charge in [0.2, 0.25) is 0 Å². The van der Waals surface area contributed by atoms with Crippen LogP contribution in [0.25, 0.3) is 0 Å². The number of aliphatic hydroxyl groups is 3. The monoisotopic (exact) mass is 584 g/mol. The van der Waals surface area contributed by atoms with Crippen molar-refractivity contribution in [2.75, 3.05) is 6.61 Å². The van der Waals surface area contributed by atoms with E-state index in [9.17, 15) is 30.1 Å². The minimum absolute atomic E-state index is 0.00646. The molecule has 9 nitrogen and oxygen atoms in total. The Bertz CT molecular complexity index is 1050. The fourth-order valence-corrected chi connectivity index (χ4v) is 11.9. The number of hydrogen-bond donors (Lipinski definition) is 6. The second-order valence-electron chi connectivity index (χ2n) is 14.9. The molecule has 0 bridgehead atoms. The number of aliphatic hydroxyl groups excluding tert-OH is 3. The van der Waals surface area contributed by atoms with Crippen LogP contribution in [0.4, 0.5) is 0 Å². The summed E-state index contributed by atoms with van der Waals surface area (Å²) in [4.78, 5) is 22.8. The van der Waals surface area contributed by atoms with E-state index >= 15 is 0 Å². The highest BCUT2D eigenvalue weighted by atomic mass is 31.2. The third-order valence-electron chi connectivity index (χ3n) is 13.7. The van der Waals surface area contributed by atoms with Crippen LogP contribution in [0.15, 0.2) is 11.6 Å². The molecule has 0 heterocycles. The van der Waals surface area contributed by atoms with Gasteiger partial charge in [-0.05, 0) is 97.7 Å². The normalized spacial score (nSPS) is 52.7. The quantitative estimate of drug-likeness (QED) is 0.112. The maximum absolute atomic E-state index is 12.8. The molecule has 0 saturated heterocycles. The zero-order chi connectivity index (χ0) is 29.6. The van der Waals surface area contributed by atoms with Crippen LogP contribution in [0.5, 0.6) is 0 Å². The highest BCUT2D eigenvalue weighted by Gasteiger charge is 2.73. The Hall–Kier alpha value is -0.640. The Balaban J connectivity index is 1.64. The molecule has 13 atom stereocenters. The Kier molecular flexibility index (Phi) is 7.66. The van der Waals surface area contributed by atoms with Gasteiger partial charge in [-0.1, -0.05) is 46.3 Å². The Morgan fingerprint density at radius 3 is 2.30 bits per heavy atom. The maximum Gasteiger partial charge on any atom is 0.359 e. The van der Waals surface area contributed by atoms with E-state index in [1.54, 1.807) is 0 Å². The van der Waals surface area contributed by atoms with E-state index in [-0.39, 0.29) is 35.2 Å². The maximum atomic E-state index is 12.8. The molecule has 10 heteroatoms. The van der Waals surface area contributed by atoms with Crippen molar-refractivity contribution in [3.63, 3.8) is 0 Å². The predicted molar refractivity (Wildman–Crippen MR) is 149 cm³/mol. The summed E-state index contributed by atoms with van der Waals surface area (Å²) < 4.78 is 9.58. The van der Waals surface area contributed by atoms with Crippen molar-refractivity contribution in [2.24, 2.45) is 56.7 Å². The standard InChI is InChI=1S/C30H49O9P/c1-16(2)17-7-9-20-26(17,3)13-14-27(4)18-8-10-21-29(6,25(34)35)23(32)22(31)24(33)30(21,15-38-40(37)39-36)19(18)11-12-28(20,27)5/h8,16-17,19-24,31-33,36-37H,7,9-15H2,1-6H3,(H,34,35). The molecule has 0 aromatic rings. The van der Waals surface area contributed by atoms with Gasteiger partial charge in [0.25, 0.3) is 0 Å². The van der Waals surface area contributed by atoms with Gasteiger partial charge in [0.05, 0.1) is 24.2 Å². The molecule has 5 aliphatic rings. The highest BCUT2D eigenvalue weighted by molar-refractivity contribution is 7.40. The first-order chi connectivity index (χ1) is 18.6. The van der Waals surface area contributed by atoms with Gasteiger partial charge >= 0.3 is 14.6 Å². The molecular weight excluding hydrogens is 535 g/mol. The lowest BCUT2D eigenvalue weighted by molar-refractivity contribution is -0.264. The lowest BCUT2D eigenvalue weighted by atomic mass is 9.35. The fraction of sp³-hybridized carbons (Fsp3) is 0.900. The average molecular weight is 585 g/mol. The van der Waals surface area contributed by atoms with Gasteiger partial charge in [-0.25, -0.2) is 5.26 Å². The molecule has 5 rings (SSSR count). The molecule has 4 saturated carbocycles. The zero-order valence-corrected chi connectivity index (χ0v) is 25.6. The van der Waals surface area contributed by atoms with Gasteiger partial charge in [0, 0.05) is 5.41 Å². The summed E-state index contributed by atoms with van der Waals surface area (Å²) in [6.45, 7) is 13.1. The topological polar surface area (TPSA) is 157 Å². The van der Waals surface area contributed by atoms with Crippen molar-refractivity contribution < 1.29 is 44.6 Å². The van der Waals surface area contributed by atoms with E-state index < -0.39 is 49.6 Å². The zero-order valence-electron chi connectivity index (χ0n) is 24.7. The molecule has 0 spiro atoms. The summed E-state index contributed by atoms with van der Waals surface area (Å²) in [6, 6.07) is 0. The van der Waals surface area contributed by atoms with Crippen molar-refractivity contribution in [1.29, 1.82) is 0 Å². The summed E-state index contributed by atoms with van der Waals surface area (Å²) in [5.41, 5.74) is -1.86. The third kappa shape index (κ3) is 3.71. The minimum Gasteiger partial charge on any atom is -0.481 e. The van der Waals surface area contributed by atoms with Crippen LogP contribution >= 0.6 is 8.60 Å². The van der Waals surface area contributed by atoms with E-state index in [4.69, 9.17) is 9.78 Å². The van der Waals surface area contributed by atoms with E-state index in [0.717, 1.165) is 19.3 Å². The second kappa shape index (κ2) is 9.95. The number of carbonyl (C=O) groups is 1. The summed E-state index contributed by atoms with van der Waals surface area (Å²) in [7, 11) is -2.69. The SMILES string of the molecule is CC(C)C1CCC2C1(C)CCC1(C)C3=CCC4C(C)(C(=O)O)C(O)C(O)C(O)C4(COP(O)OO)C3CCC21C. The molecular formula is C30H49O9P.